The molecule has 1 aliphatic rings. The third-order valence-electron chi connectivity index (χ3n) is 3.87. The highest BCUT2D eigenvalue weighted by Gasteiger charge is 2.19. The molecule has 6 nitrogen and oxygen atoms in total. The average molecular weight is 332 g/mol. The summed E-state index contributed by atoms with van der Waals surface area (Å²) < 4.78 is 27.3. The minimum absolute atomic E-state index is 0.0279. The SMILES string of the molecule is CN1CCc2cc(NS(=O)(=O)c3ccc(C(=O)O)cc3)ccc21. The van der Waals surface area contributed by atoms with E-state index in [0.29, 0.717) is 5.69 Å². The molecule has 0 spiro atoms. The first-order valence-corrected chi connectivity index (χ1v) is 8.55. The molecule has 7 heteroatoms. The Balaban J connectivity index is 1.85. The molecule has 0 amide bonds. The lowest BCUT2D eigenvalue weighted by Crippen LogP contribution is -2.14. The number of nitrogens with zero attached hydrogens (tertiary/aromatic N) is 1. The van der Waals surface area contributed by atoms with Crippen LogP contribution in [-0.4, -0.2) is 33.1 Å². The van der Waals surface area contributed by atoms with Gasteiger partial charge in [0.1, 0.15) is 0 Å². The molecule has 2 aromatic rings. The van der Waals surface area contributed by atoms with Gasteiger partial charge in [0.15, 0.2) is 0 Å². The molecule has 1 aliphatic heterocycles. The summed E-state index contributed by atoms with van der Waals surface area (Å²) in [4.78, 5) is 13.0. The lowest BCUT2D eigenvalue weighted by atomic mass is 10.1. The zero-order valence-corrected chi connectivity index (χ0v) is 13.3. The summed E-state index contributed by atoms with van der Waals surface area (Å²) in [6.45, 7) is 0.919. The number of sulfonamides is 1. The Kier molecular flexibility index (Phi) is 3.73. The summed E-state index contributed by atoms with van der Waals surface area (Å²) in [5.41, 5.74) is 2.76. The highest BCUT2D eigenvalue weighted by molar-refractivity contribution is 7.92. The minimum atomic E-state index is -3.74. The first-order chi connectivity index (χ1) is 10.9. The molecule has 2 N–H and O–H groups in total. The monoisotopic (exact) mass is 332 g/mol. The fourth-order valence-corrected chi connectivity index (χ4v) is 3.67. The van der Waals surface area contributed by atoms with Gasteiger partial charge in [0, 0.05) is 25.0 Å². The zero-order valence-electron chi connectivity index (χ0n) is 12.5. The van der Waals surface area contributed by atoms with Gasteiger partial charge in [-0.2, -0.15) is 0 Å². The number of likely N-dealkylation sites (N-methyl/N-ethyl adjacent to an activating group) is 1. The lowest BCUT2D eigenvalue weighted by molar-refractivity contribution is 0.0696. The van der Waals surface area contributed by atoms with E-state index in [2.05, 4.69) is 9.62 Å². The predicted molar refractivity (Wildman–Crippen MR) is 87.6 cm³/mol. The quantitative estimate of drug-likeness (QED) is 0.896. The standard InChI is InChI=1S/C16H16N2O4S/c1-18-9-8-12-10-13(4-7-15(12)18)17-23(21,22)14-5-2-11(3-6-14)16(19)20/h2-7,10,17H,8-9H2,1H3,(H,19,20). The van der Waals surface area contributed by atoms with Gasteiger partial charge >= 0.3 is 5.97 Å². The van der Waals surface area contributed by atoms with Crippen LogP contribution >= 0.6 is 0 Å². The Hall–Kier alpha value is -2.54. The van der Waals surface area contributed by atoms with Crippen molar-refractivity contribution in [3.8, 4) is 0 Å². The van der Waals surface area contributed by atoms with Crippen molar-refractivity contribution in [1.29, 1.82) is 0 Å². The van der Waals surface area contributed by atoms with Gasteiger partial charge in [-0.3, -0.25) is 4.72 Å². The van der Waals surface area contributed by atoms with E-state index >= 15 is 0 Å². The number of rotatable bonds is 4. The normalized spacial score (nSPS) is 13.7. The smallest absolute Gasteiger partial charge is 0.335 e. The number of nitrogens with one attached hydrogen (secondary N) is 1. The van der Waals surface area contributed by atoms with Crippen LogP contribution in [0.25, 0.3) is 0 Å². The molecule has 0 atom stereocenters. The highest BCUT2D eigenvalue weighted by Crippen LogP contribution is 2.30. The van der Waals surface area contributed by atoms with Crippen LogP contribution in [0.5, 0.6) is 0 Å². The van der Waals surface area contributed by atoms with E-state index < -0.39 is 16.0 Å². The van der Waals surface area contributed by atoms with Crippen LogP contribution in [-0.2, 0) is 16.4 Å². The number of carboxylic acids is 1. The highest BCUT2D eigenvalue weighted by atomic mass is 32.2. The maximum atomic E-state index is 12.4. The molecule has 0 saturated heterocycles. The Morgan fingerprint density at radius 1 is 1.17 bits per heavy atom. The van der Waals surface area contributed by atoms with Crippen LogP contribution < -0.4 is 9.62 Å². The van der Waals surface area contributed by atoms with Crippen molar-refractivity contribution in [3.05, 3.63) is 53.6 Å². The summed E-state index contributed by atoms with van der Waals surface area (Å²) in [6, 6.07) is 10.6. The van der Waals surface area contributed by atoms with Gasteiger partial charge in [0.2, 0.25) is 0 Å². The lowest BCUT2D eigenvalue weighted by Gasteiger charge is -2.13. The molecular weight excluding hydrogens is 316 g/mol. The number of hydrogen-bond acceptors (Lipinski definition) is 4. The second-order valence-corrected chi connectivity index (χ2v) is 7.13. The molecule has 0 aromatic heterocycles. The zero-order chi connectivity index (χ0) is 16.6. The van der Waals surface area contributed by atoms with Gasteiger partial charge in [-0.1, -0.05) is 0 Å². The van der Waals surface area contributed by atoms with Crippen molar-refractivity contribution >= 4 is 27.4 Å². The molecule has 23 heavy (non-hydrogen) atoms. The largest absolute Gasteiger partial charge is 0.478 e. The maximum absolute atomic E-state index is 12.4. The first kappa shape index (κ1) is 15.4. The van der Waals surface area contributed by atoms with E-state index in [1.807, 2.05) is 19.2 Å². The van der Waals surface area contributed by atoms with Crippen LogP contribution in [0.3, 0.4) is 0 Å². The van der Waals surface area contributed by atoms with E-state index in [1.165, 1.54) is 24.3 Å². The number of anilines is 2. The maximum Gasteiger partial charge on any atom is 0.335 e. The van der Waals surface area contributed by atoms with Gasteiger partial charge in [0.05, 0.1) is 10.5 Å². The first-order valence-electron chi connectivity index (χ1n) is 7.07. The Labute approximate surface area is 134 Å². The van der Waals surface area contributed by atoms with Gasteiger partial charge < -0.3 is 10.0 Å². The van der Waals surface area contributed by atoms with E-state index in [9.17, 15) is 13.2 Å². The second-order valence-electron chi connectivity index (χ2n) is 5.45. The summed E-state index contributed by atoms with van der Waals surface area (Å²) in [5.74, 6) is -1.09. The second kappa shape index (κ2) is 5.58. The fourth-order valence-electron chi connectivity index (χ4n) is 2.62. The van der Waals surface area contributed by atoms with Gasteiger partial charge in [-0.05, 0) is 54.4 Å². The summed E-state index contributed by atoms with van der Waals surface area (Å²) in [7, 11) is -1.74. The number of fused-ring (bicyclic) bond motifs is 1. The molecular formula is C16H16N2O4S. The summed E-state index contributed by atoms with van der Waals surface area (Å²) in [5, 5.41) is 8.86. The van der Waals surface area contributed by atoms with Crippen LogP contribution in [0.4, 0.5) is 11.4 Å². The number of benzene rings is 2. The molecule has 0 fully saturated rings. The van der Waals surface area contributed by atoms with Crippen molar-refractivity contribution in [2.75, 3.05) is 23.2 Å². The number of aromatic carboxylic acids is 1. The summed E-state index contributed by atoms with van der Waals surface area (Å²) in [6.07, 6.45) is 0.884. The van der Waals surface area contributed by atoms with E-state index in [4.69, 9.17) is 5.11 Å². The molecule has 1 heterocycles. The molecule has 0 saturated carbocycles. The average Bonchev–Trinajstić information content (AvgIpc) is 2.88. The van der Waals surface area contributed by atoms with Gasteiger partial charge in [-0.15, -0.1) is 0 Å². The third-order valence-corrected chi connectivity index (χ3v) is 5.27. The predicted octanol–water partition coefficient (Wildman–Crippen LogP) is 2.18. The molecule has 3 rings (SSSR count). The van der Waals surface area contributed by atoms with Crippen LogP contribution in [0.15, 0.2) is 47.4 Å². The molecule has 0 bridgehead atoms. The van der Waals surface area contributed by atoms with Crippen molar-refractivity contribution in [3.63, 3.8) is 0 Å². The fraction of sp³-hybridized carbons (Fsp3) is 0.188. The Morgan fingerprint density at radius 2 is 1.87 bits per heavy atom. The Morgan fingerprint density at radius 3 is 2.52 bits per heavy atom. The minimum Gasteiger partial charge on any atom is -0.478 e. The number of hydrogen-bond donors (Lipinski definition) is 2. The van der Waals surface area contributed by atoms with Crippen molar-refractivity contribution < 1.29 is 18.3 Å². The third kappa shape index (κ3) is 3.00. The van der Waals surface area contributed by atoms with E-state index in [-0.39, 0.29) is 10.5 Å². The van der Waals surface area contributed by atoms with Crippen LogP contribution in [0.2, 0.25) is 0 Å². The number of carbonyl (C=O) groups is 1. The van der Waals surface area contributed by atoms with Crippen molar-refractivity contribution in [2.45, 2.75) is 11.3 Å². The van der Waals surface area contributed by atoms with Gasteiger partial charge in [0.25, 0.3) is 10.0 Å². The topological polar surface area (TPSA) is 86.7 Å². The Bertz CT molecular complexity index is 860. The van der Waals surface area contributed by atoms with E-state index in [1.54, 1.807) is 6.07 Å². The molecule has 0 aliphatic carbocycles. The van der Waals surface area contributed by atoms with E-state index in [0.717, 1.165) is 24.2 Å². The van der Waals surface area contributed by atoms with Crippen LogP contribution in [0.1, 0.15) is 15.9 Å². The van der Waals surface area contributed by atoms with Crippen LogP contribution in [0, 0.1) is 0 Å². The molecule has 2 aromatic carbocycles. The summed E-state index contributed by atoms with van der Waals surface area (Å²) >= 11 is 0. The van der Waals surface area contributed by atoms with Gasteiger partial charge in [-0.25, -0.2) is 13.2 Å². The molecule has 0 radical (unpaired) electrons. The number of carboxylic acid groups (broad SMARTS) is 1. The van der Waals surface area contributed by atoms with Crippen molar-refractivity contribution in [1.82, 2.24) is 0 Å². The molecule has 0 unspecified atom stereocenters. The molecule has 120 valence electrons. The van der Waals surface area contributed by atoms with Crippen molar-refractivity contribution in [2.24, 2.45) is 0 Å².